The van der Waals surface area contributed by atoms with Gasteiger partial charge in [0, 0.05) is 19.0 Å². The van der Waals surface area contributed by atoms with Crippen LogP contribution in [0, 0.1) is 0 Å². The summed E-state index contributed by atoms with van der Waals surface area (Å²) in [6, 6.07) is 5.61. The summed E-state index contributed by atoms with van der Waals surface area (Å²) >= 11 is 0. The summed E-state index contributed by atoms with van der Waals surface area (Å²) in [6.07, 6.45) is -5.49. The van der Waals surface area contributed by atoms with E-state index in [1.807, 2.05) is 6.92 Å². The molecule has 3 N–H and O–H groups in total. The summed E-state index contributed by atoms with van der Waals surface area (Å²) in [5, 5.41) is 10.0. The highest BCUT2D eigenvalue weighted by Crippen LogP contribution is 2.35. The molecule has 4 nitrogen and oxygen atoms in total. The Morgan fingerprint density at radius 1 is 1.33 bits per heavy atom. The average molecular weight is 301 g/mol. The van der Waals surface area contributed by atoms with E-state index >= 15 is 0 Å². The first-order valence-electron chi connectivity index (χ1n) is 6.69. The number of aromatic nitrogens is 2. The number of alkyl halides is 3. The van der Waals surface area contributed by atoms with Crippen molar-refractivity contribution in [1.29, 1.82) is 0 Å². The van der Waals surface area contributed by atoms with Gasteiger partial charge in [-0.3, -0.25) is 0 Å². The summed E-state index contributed by atoms with van der Waals surface area (Å²) in [6.45, 7) is 3.42. The minimum atomic E-state index is -4.82. The predicted octanol–water partition coefficient (Wildman–Crippen LogP) is 2.24. The van der Waals surface area contributed by atoms with Crippen LogP contribution in [0.2, 0.25) is 0 Å². The third kappa shape index (κ3) is 2.63. The molecule has 0 spiro atoms. The smallest absolute Gasteiger partial charge is 0.379 e. The van der Waals surface area contributed by atoms with Crippen molar-refractivity contribution in [2.45, 2.75) is 44.6 Å². The summed E-state index contributed by atoms with van der Waals surface area (Å²) in [5.74, 6) is 0.177. The number of rotatable bonds is 4. The van der Waals surface area contributed by atoms with Crippen LogP contribution in [0.4, 0.5) is 13.2 Å². The van der Waals surface area contributed by atoms with Gasteiger partial charge in [-0.1, -0.05) is 12.1 Å². The summed E-state index contributed by atoms with van der Waals surface area (Å²) in [7, 11) is 0. The van der Waals surface area contributed by atoms with Crippen molar-refractivity contribution in [2.24, 2.45) is 5.73 Å². The van der Waals surface area contributed by atoms with Gasteiger partial charge >= 0.3 is 6.18 Å². The average Bonchev–Trinajstić information content (AvgIpc) is 2.73. The first-order chi connectivity index (χ1) is 9.70. The van der Waals surface area contributed by atoms with Gasteiger partial charge in [0.2, 0.25) is 0 Å². The zero-order chi connectivity index (χ0) is 15.8. The van der Waals surface area contributed by atoms with Gasteiger partial charge in [0.05, 0.1) is 11.0 Å². The molecule has 0 bridgehead atoms. The molecule has 0 saturated carbocycles. The molecule has 1 aromatic carbocycles. The van der Waals surface area contributed by atoms with E-state index in [1.165, 1.54) is 0 Å². The minimum absolute atomic E-state index is 0.177. The highest BCUT2D eigenvalue weighted by molar-refractivity contribution is 5.75. The van der Waals surface area contributed by atoms with Crippen LogP contribution < -0.4 is 5.73 Å². The Morgan fingerprint density at radius 3 is 2.48 bits per heavy atom. The third-order valence-electron chi connectivity index (χ3n) is 3.72. The van der Waals surface area contributed by atoms with Crippen LogP contribution in [0.3, 0.4) is 0 Å². The number of aryl methyl sites for hydroxylation is 1. The number of aliphatic hydroxyl groups is 1. The van der Waals surface area contributed by atoms with Gasteiger partial charge in [0.1, 0.15) is 5.82 Å². The molecule has 2 rings (SSSR count). The van der Waals surface area contributed by atoms with Gasteiger partial charge < -0.3 is 15.4 Å². The largest absolute Gasteiger partial charge is 0.419 e. The third-order valence-corrected chi connectivity index (χ3v) is 3.72. The molecular weight excluding hydrogens is 283 g/mol. The van der Waals surface area contributed by atoms with E-state index in [4.69, 9.17) is 5.73 Å². The molecular formula is C14H18F3N3O. The first-order valence-corrected chi connectivity index (χ1v) is 6.69. The fourth-order valence-corrected chi connectivity index (χ4v) is 2.37. The normalized spacial score (nSPS) is 16.9. The number of hydrogen-bond acceptors (Lipinski definition) is 3. The highest BCUT2D eigenvalue weighted by atomic mass is 19.4. The number of hydrogen-bond donors (Lipinski definition) is 2. The summed E-state index contributed by atoms with van der Waals surface area (Å²) in [5.41, 5.74) is 3.73. The van der Waals surface area contributed by atoms with E-state index in [0.717, 1.165) is 12.4 Å². The lowest BCUT2D eigenvalue weighted by molar-refractivity contribution is -0.266. The Hall–Kier alpha value is -1.60. The number of fused-ring (bicyclic) bond motifs is 1. The number of benzene rings is 1. The Bertz CT molecular complexity index is 636. The number of nitrogens with zero attached hydrogens (tertiary/aromatic N) is 2. The Kier molecular flexibility index (Phi) is 3.99. The molecule has 2 atom stereocenters. The molecule has 0 aliphatic heterocycles. The molecule has 7 heteroatoms. The second-order valence-corrected chi connectivity index (χ2v) is 5.15. The van der Waals surface area contributed by atoms with Crippen LogP contribution in [0.1, 0.15) is 19.7 Å². The maximum atomic E-state index is 13.2. The van der Waals surface area contributed by atoms with Crippen molar-refractivity contribution in [2.75, 3.05) is 0 Å². The van der Waals surface area contributed by atoms with Crippen LogP contribution in [0.5, 0.6) is 0 Å². The van der Waals surface area contributed by atoms with Crippen molar-refractivity contribution in [3.05, 3.63) is 30.1 Å². The van der Waals surface area contributed by atoms with Crippen LogP contribution in [-0.2, 0) is 13.0 Å². The Balaban J connectivity index is 2.52. The Morgan fingerprint density at radius 2 is 1.95 bits per heavy atom. The first kappa shape index (κ1) is 15.8. The zero-order valence-corrected chi connectivity index (χ0v) is 11.9. The lowest BCUT2D eigenvalue weighted by Gasteiger charge is -2.33. The van der Waals surface area contributed by atoms with E-state index in [2.05, 4.69) is 4.98 Å². The van der Waals surface area contributed by atoms with E-state index in [-0.39, 0.29) is 5.82 Å². The van der Waals surface area contributed by atoms with E-state index in [9.17, 15) is 18.3 Å². The molecule has 1 heterocycles. The van der Waals surface area contributed by atoms with Crippen molar-refractivity contribution in [3.8, 4) is 0 Å². The lowest BCUT2D eigenvalue weighted by atomic mass is 9.91. The number of halogens is 3. The zero-order valence-electron chi connectivity index (χ0n) is 11.9. The molecule has 0 fully saturated rings. The van der Waals surface area contributed by atoms with Gasteiger partial charge in [0.25, 0.3) is 0 Å². The van der Waals surface area contributed by atoms with E-state index < -0.39 is 24.2 Å². The molecule has 2 unspecified atom stereocenters. The van der Waals surface area contributed by atoms with E-state index in [0.29, 0.717) is 12.1 Å². The van der Waals surface area contributed by atoms with Gasteiger partial charge in [0.15, 0.2) is 5.60 Å². The SMILES string of the molecule is CCn1c(CC(O)(C(C)N)C(F)(F)F)nc2ccccc21. The standard InChI is InChI=1S/C14H18F3N3O/c1-3-20-11-7-5-4-6-10(11)19-12(20)8-13(21,9(2)18)14(15,16)17/h4-7,9,21H,3,8,18H2,1-2H3. The van der Waals surface area contributed by atoms with Crippen molar-refractivity contribution < 1.29 is 18.3 Å². The minimum Gasteiger partial charge on any atom is -0.379 e. The van der Waals surface area contributed by atoms with Crippen LogP contribution >= 0.6 is 0 Å². The van der Waals surface area contributed by atoms with Crippen molar-refractivity contribution in [3.63, 3.8) is 0 Å². The molecule has 116 valence electrons. The van der Waals surface area contributed by atoms with Gasteiger partial charge in [-0.25, -0.2) is 4.98 Å². The fourth-order valence-electron chi connectivity index (χ4n) is 2.37. The number of imidazole rings is 1. The quantitative estimate of drug-likeness (QED) is 0.910. The van der Waals surface area contributed by atoms with Crippen LogP contribution in [-0.4, -0.2) is 32.5 Å². The molecule has 0 aliphatic rings. The second-order valence-electron chi connectivity index (χ2n) is 5.15. The van der Waals surface area contributed by atoms with Crippen LogP contribution in [0.25, 0.3) is 11.0 Å². The molecule has 0 aliphatic carbocycles. The van der Waals surface area contributed by atoms with Crippen molar-refractivity contribution >= 4 is 11.0 Å². The number of para-hydroxylation sites is 2. The molecule has 2 aromatic rings. The molecule has 0 radical (unpaired) electrons. The fraction of sp³-hybridized carbons (Fsp3) is 0.500. The maximum absolute atomic E-state index is 13.2. The van der Waals surface area contributed by atoms with Gasteiger partial charge in [-0.15, -0.1) is 0 Å². The highest BCUT2D eigenvalue weighted by Gasteiger charge is 2.56. The van der Waals surface area contributed by atoms with Gasteiger partial charge in [-0.2, -0.15) is 13.2 Å². The predicted molar refractivity (Wildman–Crippen MR) is 73.8 cm³/mol. The topological polar surface area (TPSA) is 64.1 Å². The molecule has 1 aromatic heterocycles. The summed E-state index contributed by atoms with van der Waals surface area (Å²) < 4.78 is 41.2. The van der Waals surface area contributed by atoms with Crippen molar-refractivity contribution in [1.82, 2.24) is 9.55 Å². The lowest BCUT2D eigenvalue weighted by Crippen LogP contribution is -2.58. The molecule has 0 amide bonds. The monoisotopic (exact) mass is 301 g/mol. The molecule has 0 saturated heterocycles. The Labute approximate surface area is 120 Å². The second kappa shape index (κ2) is 5.31. The van der Waals surface area contributed by atoms with Crippen LogP contribution in [0.15, 0.2) is 24.3 Å². The summed E-state index contributed by atoms with van der Waals surface area (Å²) in [4.78, 5) is 4.21. The maximum Gasteiger partial charge on any atom is 0.419 e. The van der Waals surface area contributed by atoms with Gasteiger partial charge in [-0.05, 0) is 26.0 Å². The van der Waals surface area contributed by atoms with E-state index in [1.54, 1.807) is 28.8 Å². The molecule has 21 heavy (non-hydrogen) atoms. The number of nitrogens with two attached hydrogens (primary N) is 1.